The number of ketones is 1. The Balaban J connectivity index is 2.87. The van der Waals surface area contributed by atoms with Crippen molar-refractivity contribution in [1.82, 2.24) is 10.2 Å². The number of aliphatic carboxylic acids is 1. The van der Waals surface area contributed by atoms with Gasteiger partial charge in [0.25, 0.3) is 5.91 Å². The van der Waals surface area contributed by atoms with Gasteiger partial charge in [0, 0.05) is 25.6 Å². The van der Waals surface area contributed by atoms with Gasteiger partial charge in [-0.25, -0.2) is 4.79 Å². The minimum Gasteiger partial charge on any atom is -0.481 e. The molecule has 142 valence electrons. The van der Waals surface area contributed by atoms with E-state index >= 15 is 0 Å². The molecule has 26 heavy (non-hydrogen) atoms. The number of ether oxygens (including phenoxy) is 1. The quantitative estimate of drug-likeness (QED) is 0.634. The highest BCUT2D eigenvalue weighted by molar-refractivity contribution is 5.94. The third kappa shape index (κ3) is 6.19. The third-order valence-electron chi connectivity index (χ3n) is 3.74. The lowest BCUT2D eigenvalue weighted by atomic mass is 10.1. The lowest BCUT2D eigenvalue weighted by molar-refractivity contribution is -0.152. The molecule has 0 saturated heterocycles. The number of carboxylic acid groups (broad SMARTS) is 1. The minimum atomic E-state index is -1.16. The number of carbonyl (C=O) groups is 4. The van der Waals surface area contributed by atoms with Crippen LogP contribution in [0.25, 0.3) is 0 Å². The molecule has 0 saturated carbocycles. The predicted molar refractivity (Wildman–Crippen MR) is 94.0 cm³/mol. The molecular formula is C18H24N2O6. The Morgan fingerprint density at radius 2 is 1.85 bits per heavy atom. The number of hydrogen-bond donors (Lipinski definition) is 2. The molecule has 0 aliphatic carbocycles. The van der Waals surface area contributed by atoms with Gasteiger partial charge in [0.15, 0.2) is 11.9 Å². The zero-order valence-electron chi connectivity index (χ0n) is 15.3. The van der Waals surface area contributed by atoms with E-state index in [2.05, 4.69) is 5.32 Å². The fourth-order valence-corrected chi connectivity index (χ4v) is 2.26. The van der Waals surface area contributed by atoms with Crippen LogP contribution in [0.1, 0.15) is 38.1 Å². The fraction of sp³-hybridized carbons (Fsp3) is 0.444. The molecule has 8 heteroatoms. The Labute approximate surface area is 152 Å². The molecule has 0 radical (unpaired) electrons. The summed E-state index contributed by atoms with van der Waals surface area (Å²) in [5, 5.41) is 11.7. The monoisotopic (exact) mass is 364 g/mol. The van der Waals surface area contributed by atoms with Gasteiger partial charge in [-0.15, -0.1) is 0 Å². The third-order valence-corrected chi connectivity index (χ3v) is 3.74. The maximum Gasteiger partial charge on any atom is 0.326 e. The smallest absolute Gasteiger partial charge is 0.326 e. The number of rotatable bonds is 9. The van der Waals surface area contributed by atoms with Crippen molar-refractivity contribution in [2.45, 2.75) is 39.8 Å². The Hall–Kier alpha value is -2.90. The van der Waals surface area contributed by atoms with E-state index in [0.717, 1.165) is 4.90 Å². The largest absolute Gasteiger partial charge is 0.481 e. The molecule has 0 spiro atoms. The van der Waals surface area contributed by atoms with Crippen LogP contribution in [0.4, 0.5) is 0 Å². The summed E-state index contributed by atoms with van der Waals surface area (Å²) in [6.07, 6.45) is -0.962. The maximum atomic E-state index is 12.6. The number of amides is 2. The first-order chi connectivity index (χ1) is 12.1. The topological polar surface area (TPSA) is 113 Å². The Bertz CT molecular complexity index is 688. The summed E-state index contributed by atoms with van der Waals surface area (Å²) in [7, 11) is 0. The zero-order chi connectivity index (χ0) is 19.9. The molecule has 0 aliphatic rings. The molecule has 0 aliphatic heterocycles. The summed E-state index contributed by atoms with van der Waals surface area (Å²) in [4.78, 5) is 47.5. The Morgan fingerprint density at radius 1 is 1.19 bits per heavy atom. The van der Waals surface area contributed by atoms with E-state index in [-0.39, 0.29) is 24.8 Å². The summed E-state index contributed by atoms with van der Waals surface area (Å²) in [5.74, 6) is -1.76. The minimum absolute atomic E-state index is 0.0348. The van der Waals surface area contributed by atoms with Crippen molar-refractivity contribution in [3.8, 4) is 5.75 Å². The molecule has 1 rings (SSSR count). The van der Waals surface area contributed by atoms with Gasteiger partial charge in [-0.05, 0) is 32.9 Å². The molecule has 8 nitrogen and oxygen atoms in total. The van der Waals surface area contributed by atoms with Gasteiger partial charge in [0.1, 0.15) is 11.8 Å². The van der Waals surface area contributed by atoms with E-state index in [9.17, 15) is 24.3 Å². The van der Waals surface area contributed by atoms with Gasteiger partial charge in [-0.3, -0.25) is 14.4 Å². The molecule has 2 amide bonds. The second-order valence-electron chi connectivity index (χ2n) is 5.87. The number of carboxylic acids is 1. The second-order valence-corrected chi connectivity index (χ2v) is 5.87. The van der Waals surface area contributed by atoms with E-state index in [1.807, 2.05) is 0 Å². The van der Waals surface area contributed by atoms with Crippen molar-refractivity contribution in [3.63, 3.8) is 0 Å². The van der Waals surface area contributed by atoms with Crippen LogP contribution in [0.2, 0.25) is 0 Å². The number of hydrogen-bond acceptors (Lipinski definition) is 5. The van der Waals surface area contributed by atoms with Crippen molar-refractivity contribution >= 4 is 23.6 Å². The lowest BCUT2D eigenvalue weighted by Gasteiger charge is -2.29. The average Bonchev–Trinajstić information content (AvgIpc) is 2.57. The van der Waals surface area contributed by atoms with Gasteiger partial charge in [-0.2, -0.15) is 0 Å². The standard InChI is InChI=1S/C18H24N2O6/c1-11(18(24)25)20(9-8-19-14(4)22)17(23)13(3)26-16-7-5-6-15(10-16)12(2)21/h5-7,10-11,13H,8-9H2,1-4H3,(H,19,22)(H,24,25). The molecular weight excluding hydrogens is 340 g/mol. The molecule has 0 bridgehead atoms. The molecule has 0 fully saturated rings. The van der Waals surface area contributed by atoms with Crippen LogP contribution in [0, 0.1) is 0 Å². The SMILES string of the molecule is CC(=O)NCCN(C(=O)C(C)Oc1cccc(C(C)=O)c1)C(C)C(=O)O. The Morgan fingerprint density at radius 3 is 2.38 bits per heavy atom. The van der Waals surface area contributed by atoms with Crippen LogP contribution in [-0.2, 0) is 14.4 Å². The summed E-state index contributed by atoms with van der Waals surface area (Å²) < 4.78 is 5.58. The molecule has 1 aromatic rings. The van der Waals surface area contributed by atoms with E-state index in [0.29, 0.717) is 11.3 Å². The second kappa shape index (κ2) is 9.55. The van der Waals surface area contributed by atoms with Crippen molar-refractivity contribution in [1.29, 1.82) is 0 Å². The first kappa shape index (κ1) is 21.1. The van der Waals surface area contributed by atoms with Gasteiger partial charge in [-0.1, -0.05) is 12.1 Å². The fourth-order valence-electron chi connectivity index (χ4n) is 2.26. The maximum absolute atomic E-state index is 12.6. The summed E-state index contributed by atoms with van der Waals surface area (Å²) >= 11 is 0. The van der Waals surface area contributed by atoms with Crippen molar-refractivity contribution in [2.24, 2.45) is 0 Å². The summed E-state index contributed by atoms with van der Waals surface area (Å²) in [6.45, 7) is 5.81. The van der Waals surface area contributed by atoms with Crippen molar-refractivity contribution in [3.05, 3.63) is 29.8 Å². The van der Waals surface area contributed by atoms with Crippen LogP contribution >= 0.6 is 0 Å². The van der Waals surface area contributed by atoms with E-state index in [1.54, 1.807) is 18.2 Å². The summed E-state index contributed by atoms with van der Waals surface area (Å²) in [5.41, 5.74) is 0.448. The first-order valence-electron chi connectivity index (χ1n) is 8.18. The van der Waals surface area contributed by atoms with Crippen LogP contribution in [0.5, 0.6) is 5.75 Å². The lowest BCUT2D eigenvalue weighted by Crippen LogP contribution is -2.51. The van der Waals surface area contributed by atoms with E-state index in [4.69, 9.17) is 4.74 Å². The molecule has 2 unspecified atom stereocenters. The normalized spacial score (nSPS) is 12.6. The first-order valence-corrected chi connectivity index (χ1v) is 8.18. The molecule has 2 atom stereocenters. The van der Waals surface area contributed by atoms with Crippen LogP contribution in [0.15, 0.2) is 24.3 Å². The Kier molecular flexibility index (Phi) is 7.77. The summed E-state index contributed by atoms with van der Waals surface area (Å²) in [6, 6.07) is 5.32. The average molecular weight is 364 g/mol. The highest BCUT2D eigenvalue weighted by atomic mass is 16.5. The highest BCUT2D eigenvalue weighted by Crippen LogP contribution is 2.16. The number of benzene rings is 1. The number of Topliss-reactive ketones (excluding diaryl/α,β-unsaturated/α-hetero) is 1. The molecule has 1 aromatic carbocycles. The van der Waals surface area contributed by atoms with Crippen molar-refractivity contribution in [2.75, 3.05) is 13.1 Å². The molecule has 2 N–H and O–H groups in total. The van der Waals surface area contributed by atoms with Crippen molar-refractivity contribution < 1.29 is 29.0 Å². The van der Waals surface area contributed by atoms with E-state index in [1.165, 1.54) is 33.8 Å². The number of nitrogens with one attached hydrogen (secondary N) is 1. The number of nitrogens with zero attached hydrogens (tertiary/aromatic N) is 1. The molecule has 0 aromatic heterocycles. The van der Waals surface area contributed by atoms with Crippen LogP contribution in [-0.4, -0.2) is 58.8 Å². The van der Waals surface area contributed by atoms with E-state index < -0.39 is 24.0 Å². The zero-order valence-corrected chi connectivity index (χ0v) is 15.3. The van der Waals surface area contributed by atoms with Gasteiger partial charge >= 0.3 is 5.97 Å². The van der Waals surface area contributed by atoms with Gasteiger partial charge in [0.05, 0.1) is 0 Å². The van der Waals surface area contributed by atoms with Gasteiger partial charge in [0.2, 0.25) is 5.91 Å². The van der Waals surface area contributed by atoms with Crippen LogP contribution < -0.4 is 10.1 Å². The van der Waals surface area contributed by atoms with Gasteiger partial charge < -0.3 is 20.1 Å². The van der Waals surface area contributed by atoms with Crippen LogP contribution in [0.3, 0.4) is 0 Å². The highest BCUT2D eigenvalue weighted by Gasteiger charge is 2.29. The number of carbonyl (C=O) groups excluding carboxylic acids is 3. The molecule has 0 heterocycles. The predicted octanol–water partition coefficient (Wildman–Crippen LogP) is 1.09.